The first kappa shape index (κ1) is 12.0. The predicted octanol–water partition coefficient (Wildman–Crippen LogP) is 2.89. The number of hydrogen-bond donors (Lipinski definition) is 0. The van der Waals surface area contributed by atoms with E-state index < -0.39 is 5.97 Å². The molecule has 1 rings (SSSR count). The molecule has 0 radical (unpaired) electrons. The van der Waals surface area contributed by atoms with E-state index in [-0.39, 0.29) is 5.56 Å². The molecule has 1 aromatic carbocycles. The van der Waals surface area contributed by atoms with Crippen molar-refractivity contribution in [3.63, 3.8) is 0 Å². The first-order valence-corrected chi connectivity index (χ1v) is 5.50. The molecule has 0 atom stereocenters. The minimum atomic E-state index is -0.481. The predicted molar refractivity (Wildman–Crippen MR) is 60.1 cm³/mol. The second-order valence-electron chi connectivity index (χ2n) is 2.73. The van der Waals surface area contributed by atoms with E-state index in [4.69, 9.17) is 16.9 Å². The lowest BCUT2D eigenvalue weighted by Gasteiger charge is -2.05. The van der Waals surface area contributed by atoms with E-state index >= 15 is 0 Å². The van der Waals surface area contributed by atoms with Gasteiger partial charge in [0.1, 0.15) is 6.07 Å². The van der Waals surface area contributed by atoms with Gasteiger partial charge in [0.25, 0.3) is 0 Å². The van der Waals surface area contributed by atoms with Gasteiger partial charge in [-0.1, -0.05) is 27.5 Å². The zero-order chi connectivity index (χ0) is 11.4. The molecule has 5 heteroatoms. The maximum atomic E-state index is 11.3. The quantitative estimate of drug-likeness (QED) is 0.621. The second-order valence-corrected chi connectivity index (χ2v) is 3.67. The molecule has 15 heavy (non-hydrogen) atoms. The van der Waals surface area contributed by atoms with Crippen molar-refractivity contribution in [3.8, 4) is 6.07 Å². The molecule has 0 N–H and O–H groups in total. The molecular formula is C10H7BrClNO2. The van der Waals surface area contributed by atoms with Crippen LogP contribution >= 0.6 is 27.5 Å². The number of nitrogens with zero attached hydrogens (tertiary/aromatic N) is 1. The van der Waals surface area contributed by atoms with Crippen molar-refractivity contribution in [2.45, 2.75) is 5.33 Å². The number of rotatable bonds is 2. The third-order valence-electron chi connectivity index (χ3n) is 1.83. The van der Waals surface area contributed by atoms with Crippen molar-refractivity contribution in [2.24, 2.45) is 0 Å². The standard InChI is InChI=1S/C10H7BrClNO2/c1-15-10(14)6-2-7(4-11)9(12)8(3-6)5-13/h2-3H,4H2,1H3. The molecule has 1 aromatic rings. The van der Waals surface area contributed by atoms with E-state index in [1.54, 1.807) is 6.07 Å². The Morgan fingerprint density at radius 2 is 2.33 bits per heavy atom. The molecule has 0 amide bonds. The van der Waals surface area contributed by atoms with Crippen molar-refractivity contribution in [1.82, 2.24) is 0 Å². The third-order valence-corrected chi connectivity index (χ3v) is 2.88. The summed E-state index contributed by atoms with van der Waals surface area (Å²) in [4.78, 5) is 11.3. The number of benzene rings is 1. The topological polar surface area (TPSA) is 50.1 Å². The van der Waals surface area contributed by atoms with Gasteiger partial charge in [-0.25, -0.2) is 4.79 Å². The number of nitriles is 1. The number of carbonyl (C=O) groups excluding carboxylic acids is 1. The molecule has 0 aliphatic heterocycles. The number of hydrogen-bond acceptors (Lipinski definition) is 3. The Morgan fingerprint density at radius 3 is 2.80 bits per heavy atom. The normalized spacial score (nSPS) is 9.47. The fourth-order valence-electron chi connectivity index (χ4n) is 1.10. The third kappa shape index (κ3) is 2.49. The Kier molecular flexibility index (Phi) is 4.13. The average Bonchev–Trinajstić information content (AvgIpc) is 2.28. The number of esters is 1. The van der Waals surface area contributed by atoms with Crippen LogP contribution in [0.15, 0.2) is 12.1 Å². The van der Waals surface area contributed by atoms with Crippen molar-refractivity contribution >= 4 is 33.5 Å². The summed E-state index contributed by atoms with van der Waals surface area (Å²) in [6.45, 7) is 0. The van der Waals surface area contributed by atoms with Crippen LogP contribution in [0.3, 0.4) is 0 Å². The molecule has 0 aromatic heterocycles. The van der Waals surface area contributed by atoms with Crippen LogP contribution in [0.25, 0.3) is 0 Å². The Balaban J connectivity index is 3.34. The lowest BCUT2D eigenvalue weighted by molar-refractivity contribution is 0.0600. The molecule has 0 aliphatic rings. The summed E-state index contributed by atoms with van der Waals surface area (Å²) in [6.07, 6.45) is 0. The Morgan fingerprint density at radius 1 is 1.67 bits per heavy atom. The van der Waals surface area contributed by atoms with Gasteiger partial charge in [0.15, 0.2) is 0 Å². The van der Waals surface area contributed by atoms with E-state index in [0.29, 0.717) is 21.5 Å². The molecular weight excluding hydrogens is 281 g/mol. The van der Waals surface area contributed by atoms with E-state index in [1.165, 1.54) is 13.2 Å². The minimum Gasteiger partial charge on any atom is -0.465 e. The van der Waals surface area contributed by atoms with Gasteiger partial charge in [-0.05, 0) is 17.7 Å². The van der Waals surface area contributed by atoms with Crippen molar-refractivity contribution in [1.29, 1.82) is 5.26 Å². The molecule has 3 nitrogen and oxygen atoms in total. The molecule has 0 aliphatic carbocycles. The Hall–Kier alpha value is -1.05. The monoisotopic (exact) mass is 287 g/mol. The van der Waals surface area contributed by atoms with Gasteiger partial charge < -0.3 is 4.74 Å². The smallest absolute Gasteiger partial charge is 0.337 e. The summed E-state index contributed by atoms with van der Waals surface area (Å²) in [5, 5.41) is 9.66. The van der Waals surface area contributed by atoms with Gasteiger partial charge in [-0.3, -0.25) is 0 Å². The van der Waals surface area contributed by atoms with Crippen molar-refractivity contribution in [3.05, 3.63) is 33.8 Å². The zero-order valence-corrected chi connectivity index (χ0v) is 10.2. The lowest BCUT2D eigenvalue weighted by Crippen LogP contribution is -2.03. The number of halogens is 2. The highest BCUT2D eigenvalue weighted by molar-refractivity contribution is 9.08. The van der Waals surface area contributed by atoms with Crippen molar-refractivity contribution < 1.29 is 9.53 Å². The number of ether oxygens (including phenoxy) is 1. The van der Waals surface area contributed by atoms with Crippen LogP contribution in [0.1, 0.15) is 21.5 Å². The van der Waals surface area contributed by atoms with E-state index in [0.717, 1.165) is 0 Å². The molecule has 0 spiro atoms. The lowest BCUT2D eigenvalue weighted by atomic mass is 10.1. The van der Waals surface area contributed by atoms with Gasteiger partial charge in [0.2, 0.25) is 0 Å². The highest BCUT2D eigenvalue weighted by Gasteiger charge is 2.13. The number of carbonyl (C=O) groups is 1. The highest BCUT2D eigenvalue weighted by atomic mass is 79.9. The van der Waals surface area contributed by atoms with Gasteiger partial charge in [-0.2, -0.15) is 5.26 Å². The minimum absolute atomic E-state index is 0.272. The van der Waals surface area contributed by atoms with E-state index in [9.17, 15) is 4.79 Å². The molecule has 0 fully saturated rings. The largest absolute Gasteiger partial charge is 0.465 e. The van der Waals surface area contributed by atoms with E-state index in [2.05, 4.69) is 20.7 Å². The molecule has 78 valence electrons. The zero-order valence-electron chi connectivity index (χ0n) is 7.88. The molecule has 0 unspecified atom stereocenters. The van der Waals surface area contributed by atoms with Crippen LogP contribution in [0, 0.1) is 11.3 Å². The summed E-state index contributed by atoms with van der Waals surface area (Å²) >= 11 is 9.16. The van der Waals surface area contributed by atoms with Gasteiger partial charge in [0.05, 0.1) is 23.3 Å². The van der Waals surface area contributed by atoms with Crippen LogP contribution in [-0.2, 0) is 10.1 Å². The Labute approximate surface area is 101 Å². The maximum absolute atomic E-state index is 11.3. The summed E-state index contributed by atoms with van der Waals surface area (Å²) in [5.74, 6) is -0.481. The molecule has 0 bridgehead atoms. The van der Waals surface area contributed by atoms with Gasteiger partial charge in [0, 0.05) is 5.33 Å². The fourth-order valence-corrected chi connectivity index (χ4v) is 1.92. The fraction of sp³-hybridized carbons (Fsp3) is 0.200. The summed E-state index contributed by atoms with van der Waals surface area (Å²) < 4.78 is 4.57. The van der Waals surface area contributed by atoms with Crippen molar-refractivity contribution in [2.75, 3.05) is 7.11 Å². The van der Waals surface area contributed by atoms with Crippen LogP contribution in [0.2, 0.25) is 5.02 Å². The van der Waals surface area contributed by atoms with Crippen LogP contribution in [0.4, 0.5) is 0 Å². The SMILES string of the molecule is COC(=O)c1cc(C#N)c(Cl)c(CBr)c1. The van der Waals surface area contributed by atoms with Gasteiger partial charge in [-0.15, -0.1) is 0 Å². The summed E-state index contributed by atoms with van der Waals surface area (Å²) in [6, 6.07) is 4.95. The first-order chi connectivity index (χ1) is 7.13. The van der Waals surface area contributed by atoms with Crippen LogP contribution in [0.5, 0.6) is 0 Å². The number of methoxy groups -OCH3 is 1. The first-order valence-electron chi connectivity index (χ1n) is 4.00. The highest BCUT2D eigenvalue weighted by Crippen LogP contribution is 2.25. The Bertz CT molecular complexity index is 440. The molecule has 0 heterocycles. The van der Waals surface area contributed by atoms with Gasteiger partial charge >= 0.3 is 5.97 Å². The average molecular weight is 289 g/mol. The number of alkyl halides is 1. The van der Waals surface area contributed by atoms with Crippen LogP contribution < -0.4 is 0 Å². The second kappa shape index (κ2) is 5.15. The van der Waals surface area contributed by atoms with Crippen LogP contribution in [-0.4, -0.2) is 13.1 Å². The summed E-state index contributed by atoms with van der Waals surface area (Å²) in [5.41, 5.74) is 1.29. The summed E-state index contributed by atoms with van der Waals surface area (Å²) in [7, 11) is 1.29. The molecule has 0 saturated heterocycles. The maximum Gasteiger partial charge on any atom is 0.337 e. The van der Waals surface area contributed by atoms with E-state index in [1.807, 2.05) is 6.07 Å². The molecule has 0 saturated carbocycles.